The molecule has 230 valence electrons. The predicted octanol–water partition coefficient (Wildman–Crippen LogP) is 3.80. The zero-order valence-corrected chi connectivity index (χ0v) is 24.8. The Labute approximate surface area is 249 Å². The summed E-state index contributed by atoms with van der Waals surface area (Å²) >= 11 is 0. The first kappa shape index (κ1) is 30.4. The van der Waals surface area contributed by atoms with Crippen LogP contribution < -0.4 is 27.0 Å². The van der Waals surface area contributed by atoms with Gasteiger partial charge in [-0.05, 0) is 67.6 Å². The fourth-order valence-electron chi connectivity index (χ4n) is 6.51. The molecular formula is C31H48N8O3. The summed E-state index contributed by atoms with van der Waals surface area (Å²) in [4.78, 5) is 26.7. The number of benzene rings is 1. The maximum atomic E-state index is 12.5. The number of anilines is 3. The summed E-state index contributed by atoms with van der Waals surface area (Å²) in [5.41, 5.74) is 7.02. The number of fused-ring (bicyclic) bond motifs is 2. The van der Waals surface area contributed by atoms with Gasteiger partial charge in [0.15, 0.2) is 0 Å². The SMILES string of the molecule is NCCOCCOCCNC(=O)c1ccc(CNc2nc(NCC3CCCCC3)nc(N[C@@H]3CC4CCC3C4)n2)cc1. The maximum absolute atomic E-state index is 12.5. The van der Waals surface area contributed by atoms with Crippen LogP contribution in [0.15, 0.2) is 24.3 Å². The Morgan fingerprint density at radius 3 is 2.29 bits per heavy atom. The summed E-state index contributed by atoms with van der Waals surface area (Å²) in [5, 5.41) is 13.4. The van der Waals surface area contributed by atoms with Crippen LogP contribution in [0, 0.1) is 17.8 Å². The number of amides is 1. The second kappa shape index (κ2) is 16.0. The van der Waals surface area contributed by atoms with E-state index in [-0.39, 0.29) is 5.91 Å². The van der Waals surface area contributed by atoms with Gasteiger partial charge >= 0.3 is 0 Å². The van der Waals surface area contributed by atoms with Crippen LogP contribution in [0.25, 0.3) is 0 Å². The first-order chi connectivity index (χ1) is 20.7. The van der Waals surface area contributed by atoms with Gasteiger partial charge in [-0.3, -0.25) is 4.79 Å². The normalized spacial score (nSPS) is 21.8. The van der Waals surface area contributed by atoms with E-state index < -0.39 is 0 Å². The summed E-state index contributed by atoms with van der Waals surface area (Å²) in [6.45, 7) is 4.33. The zero-order valence-electron chi connectivity index (χ0n) is 24.8. The predicted molar refractivity (Wildman–Crippen MR) is 165 cm³/mol. The van der Waals surface area contributed by atoms with Gasteiger partial charge in [0, 0.05) is 37.8 Å². The minimum atomic E-state index is -0.125. The van der Waals surface area contributed by atoms with Crippen LogP contribution >= 0.6 is 0 Å². The third-order valence-electron chi connectivity index (χ3n) is 8.79. The van der Waals surface area contributed by atoms with Crippen molar-refractivity contribution in [3.8, 4) is 0 Å². The monoisotopic (exact) mass is 580 g/mol. The fourth-order valence-corrected chi connectivity index (χ4v) is 6.51. The molecule has 3 aliphatic rings. The molecule has 0 spiro atoms. The van der Waals surface area contributed by atoms with Crippen molar-refractivity contribution in [1.29, 1.82) is 0 Å². The smallest absolute Gasteiger partial charge is 0.251 e. The molecule has 2 unspecified atom stereocenters. The Morgan fingerprint density at radius 2 is 1.57 bits per heavy atom. The molecule has 3 atom stereocenters. The van der Waals surface area contributed by atoms with Crippen LogP contribution in [-0.2, 0) is 16.0 Å². The van der Waals surface area contributed by atoms with Gasteiger partial charge in [0.1, 0.15) is 0 Å². The number of nitrogens with zero attached hydrogens (tertiary/aromatic N) is 3. The van der Waals surface area contributed by atoms with E-state index in [0.29, 0.717) is 81.4 Å². The number of nitrogens with two attached hydrogens (primary N) is 1. The van der Waals surface area contributed by atoms with Crippen molar-refractivity contribution in [1.82, 2.24) is 20.3 Å². The van der Waals surface area contributed by atoms with Crippen molar-refractivity contribution in [3.05, 3.63) is 35.4 Å². The third-order valence-corrected chi connectivity index (χ3v) is 8.79. The minimum absolute atomic E-state index is 0.125. The molecule has 3 aliphatic carbocycles. The van der Waals surface area contributed by atoms with E-state index in [2.05, 4.69) is 21.3 Å². The summed E-state index contributed by atoms with van der Waals surface area (Å²) in [6, 6.07) is 8.02. The summed E-state index contributed by atoms with van der Waals surface area (Å²) < 4.78 is 10.7. The van der Waals surface area contributed by atoms with Crippen LogP contribution in [0.3, 0.4) is 0 Å². The maximum Gasteiger partial charge on any atom is 0.251 e. The molecular weight excluding hydrogens is 532 g/mol. The van der Waals surface area contributed by atoms with E-state index in [1.54, 1.807) is 0 Å². The van der Waals surface area contributed by atoms with Crippen molar-refractivity contribution >= 4 is 23.8 Å². The fraction of sp³-hybridized carbons (Fsp3) is 0.677. The molecule has 2 bridgehead atoms. The summed E-state index contributed by atoms with van der Waals surface area (Å²) in [7, 11) is 0. The second-order valence-electron chi connectivity index (χ2n) is 11.9. The molecule has 3 saturated carbocycles. The molecule has 1 heterocycles. The number of carbonyl (C=O) groups is 1. The number of aromatic nitrogens is 3. The van der Waals surface area contributed by atoms with Gasteiger partial charge in [-0.15, -0.1) is 0 Å². The molecule has 1 amide bonds. The lowest BCUT2D eigenvalue weighted by Crippen LogP contribution is -2.27. The van der Waals surface area contributed by atoms with Gasteiger partial charge in [-0.2, -0.15) is 15.0 Å². The average Bonchev–Trinajstić information content (AvgIpc) is 3.65. The highest BCUT2D eigenvalue weighted by molar-refractivity contribution is 5.94. The highest BCUT2D eigenvalue weighted by atomic mass is 16.5. The van der Waals surface area contributed by atoms with Gasteiger partial charge in [-0.25, -0.2) is 0 Å². The molecule has 0 radical (unpaired) electrons. The Morgan fingerprint density at radius 1 is 0.833 bits per heavy atom. The molecule has 5 rings (SSSR count). The van der Waals surface area contributed by atoms with Crippen molar-refractivity contribution < 1.29 is 14.3 Å². The number of hydrogen-bond donors (Lipinski definition) is 5. The van der Waals surface area contributed by atoms with Gasteiger partial charge in [0.05, 0.1) is 26.4 Å². The van der Waals surface area contributed by atoms with Crippen molar-refractivity contribution in [2.45, 2.75) is 70.4 Å². The molecule has 1 aromatic carbocycles. The lowest BCUT2D eigenvalue weighted by molar-refractivity contribution is 0.0511. The number of ether oxygens (including phenoxy) is 2. The molecule has 11 heteroatoms. The van der Waals surface area contributed by atoms with Crippen LogP contribution in [0.1, 0.15) is 73.7 Å². The largest absolute Gasteiger partial charge is 0.378 e. The summed E-state index contributed by atoms with van der Waals surface area (Å²) in [5.74, 6) is 3.96. The zero-order chi connectivity index (χ0) is 29.0. The van der Waals surface area contributed by atoms with E-state index in [0.717, 1.165) is 23.9 Å². The van der Waals surface area contributed by atoms with E-state index in [4.69, 9.17) is 30.2 Å². The second-order valence-corrected chi connectivity index (χ2v) is 11.9. The standard InChI is InChI=1S/C31H48N8O3/c32-12-14-41-16-17-42-15-13-33-28(40)25-9-6-23(7-10-25)21-35-30-37-29(34-20-22-4-2-1-3-5-22)38-31(39-30)36-27-19-24-8-11-26(27)18-24/h6-7,9-10,22,24,26-27H,1-5,8,11-21,32H2,(H,33,40)(H3,34,35,36,37,38,39)/t24?,26?,27-/m1/s1. The minimum Gasteiger partial charge on any atom is -0.378 e. The van der Waals surface area contributed by atoms with Crippen LogP contribution in [0.2, 0.25) is 0 Å². The van der Waals surface area contributed by atoms with E-state index >= 15 is 0 Å². The van der Waals surface area contributed by atoms with Crippen LogP contribution in [0.4, 0.5) is 17.8 Å². The molecule has 0 aliphatic heterocycles. The lowest BCUT2D eigenvalue weighted by atomic mass is 9.89. The molecule has 2 aromatic rings. The van der Waals surface area contributed by atoms with E-state index in [9.17, 15) is 4.79 Å². The van der Waals surface area contributed by atoms with Gasteiger partial charge in [-0.1, -0.05) is 37.8 Å². The number of carbonyl (C=O) groups excluding carboxylic acids is 1. The first-order valence-electron chi connectivity index (χ1n) is 15.9. The average molecular weight is 581 g/mol. The highest BCUT2D eigenvalue weighted by Gasteiger charge is 2.39. The van der Waals surface area contributed by atoms with Crippen molar-refractivity contribution in [2.24, 2.45) is 23.5 Å². The van der Waals surface area contributed by atoms with E-state index in [1.807, 2.05) is 24.3 Å². The number of hydrogen-bond acceptors (Lipinski definition) is 10. The molecule has 3 fully saturated rings. The van der Waals surface area contributed by atoms with Gasteiger partial charge in [0.2, 0.25) is 17.8 Å². The molecule has 6 N–H and O–H groups in total. The quantitative estimate of drug-likeness (QED) is 0.175. The van der Waals surface area contributed by atoms with Crippen molar-refractivity contribution in [3.63, 3.8) is 0 Å². The van der Waals surface area contributed by atoms with Gasteiger partial charge in [0.25, 0.3) is 5.91 Å². The Bertz CT molecular complexity index is 1110. The third kappa shape index (κ3) is 9.24. The van der Waals surface area contributed by atoms with Crippen LogP contribution in [-0.4, -0.2) is 73.0 Å². The van der Waals surface area contributed by atoms with E-state index in [1.165, 1.54) is 57.8 Å². The van der Waals surface area contributed by atoms with Crippen molar-refractivity contribution in [2.75, 3.05) is 62.0 Å². The molecule has 42 heavy (non-hydrogen) atoms. The first-order valence-corrected chi connectivity index (χ1v) is 15.9. The number of nitrogens with one attached hydrogen (secondary N) is 4. The Balaban J connectivity index is 1.11. The summed E-state index contributed by atoms with van der Waals surface area (Å²) in [6.07, 6.45) is 11.7. The topological polar surface area (TPSA) is 148 Å². The lowest BCUT2D eigenvalue weighted by Gasteiger charge is -2.24. The highest BCUT2D eigenvalue weighted by Crippen LogP contribution is 2.45. The molecule has 0 saturated heterocycles. The van der Waals surface area contributed by atoms with Gasteiger partial charge < -0.3 is 36.5 Å². The Hall–Kier alpha value is -3.02. The molecule has 11 nitrogen and oxygen atoms in total. The number of rotatable bonds is 17. The Kier molecular flexibility index (Phi) is 11.6. The van der Waals surface area contributed by atoms with Crippen LogP contribution in [0.5, 0.6) is 0 Å². The molecule has 1 aromatic heterocycles.